The summed E-state index contributed by atoms with van der Waals surface area (Å²) >= 11 is 0. The van der Waals surface area contributed by atoms with Gasteiger partial charge in [-0.05, 0) is 30.7 Å². The molecule has 0 heterocycles. The van der Waals surface area contributed by atoms with E-state index in [1.807, 2.05) is 24.3 Å². The third-order valence-corrected chi connectivity index (χ3v) is 2.24. The Hall–Kier alpha value is -1.35. The molecule has 0 aliphatic heterocycles. The van der Waals surface area contributed by atoms with Crippen LogP contribution in [-0.2, 0) is 11.2 Å². The molecule has 0 aliphatic rings. The molecule has 0 radical (unpaired) electrons. The van der Waals surface area contributed by atoms with Gasteiger partial charge in [0.05, 0.1) is 0 Å². The largest absolute Gasteiger partial charge is 0.326 e. The lowest BCUT2D eigenvalue weighted by Crippen LogP contribution is -2.24. The van der Waals surface area contributed by atoms with Crippen LogP contribution in [0.25, 0.3) is 0 Å². The Morgan fingerprint density at radius 3 is 2.38 bits per heavy atom. The Bertz CT molecular complexity index is 330. The van der Waals surface area contributed by atoms with E-state index in [1.165, 1.54) is 12.5 Å². The number of nitrogens with one attached hydrogen (secondary N) is 2. The van der Waals surface area contributed by atoms with Gasteiger partial charge in [-0.1, -0.05) is 26.0 Å². The molecule has 2 N–H and O–H groups in total. The monoisotopic (exact) mass is 220 g/mol. The fourth-order valence-electron chi connectivity index (χ4n) is 1.46. The van der Waals surface area contributed by atoms with Gasteiger partial charge < -0.3 is 10.6 Å². The summed E-state index contributed by atoms with van der Waals surface area (Å²) in [6.45, 7) is 6.78. The number of hydrogen-bond donors (Lipinski definition) is 2. The lowest BCUT2D eigenvalue weighted by atomic mass is 10.1. The first-order valence-corrected chi connectivity index (χ1v) is 5.68. The molecule has 0 aromatic heterocycles. The summed E-state index contributed by atoms with van der Waals surface area (Å²) in [4.78, 5) is 10.8. The first kappa shape index (κ1) is 12.7. The number of amides is 1. The summed E-state index contributed by atoms with van der Waals surface area (Å²) in [6.07, 6.45) is 1.01. The molecule has 0 saturated carbocycles. The standard InChI is InChI=1S/C13H20N2O/c1-10(2)14-9-8-12-4-6-13(7-5-12)15-11(3)16/h4-7,10,14H,8-9H2,1-3H3,(H,15,16). The van der Waals surface area contributed by atoms with E-state index in [0.717, 1.165) is 18.7 Å². The van der Waals surface area contributed by atoms with E-state index in [4.69, 9.17) is 0 Å². The maximum atomic E-state index is 10.8. The van der Waals surface area contributed by atoms with Gasteiger partial charge in [0.1, 0.15) is 0 Å². The van der Waals surface area contributed by atoms with Crippen LogP contribution in [0.5, 0.6) is 0 Å². The van der Waals surface area contributed by atoms with Crippen LogP contribution in [0.15, 0.2) is 24.3 Å². The number of benzene rings is 1. The highest BCUT2D eigenvalue weighted by molar-refractivity contribution is 5.88. The number of anilines is 1. The summed E-state index contributed by atoms with van der Waals surface area (Å²) < 4.78 is 0. The fraction of sp³-hybridized carbons (Fsp3) is 0.462. The third kappa shape index (κ3) is 4.94. The van der Waals surface area contributed by atoms with Gasteiger partial charge in [0.15, 0.2) is 0 Å². The summed E-state index contributed by atoms with van der Waals surface area (Å²) in [5.41, 5.74) is 2.13. The van der Waals surface area contributed by atoms with Crippen LogP contribution in [0.4, 0.5) is 5.69 Å². The normalized spacial score (nSPS) is 10.5. The molecule has 1 rings (SSSR count). The van der Waals surface area contributed by atoms with Crippen molar-refractivity contribution < 1.29 is 4.79 Å². The SMILES string of the molecule is CC(=O)Nc1ccc(CCNC(C)C)cc1. The number of rotatable bonds is 5. The molecule has 0 saturated heterocycles. The Morgan fingerprint density at radius 1 is 1.25 bits per heavy atom. The maximum absolute atomic E-state index is 10.8. The molecule has 1 amide bonds. The summed E-state index contributed by atoms with van der Waals surface area (Å²) in [7, 11) is 0. The summed E-state index contributed by atoms with van der Waals surface area (Å²) in [6, 6.07) is 8.50. The van der Waals surface area contributed by atoms with Crippen molar-refractivity contribution >= 4 is 11.6 Å². The van der Waals surface area contributed by atoms with Gasteiger partial charge in [-0.2, -0.15) is 0 Å². The minimum Gasteiger partial charge on any atom is -0.326 e. The summed E-state index contributed by atoms with van der Waals surface area (Å²) in [5.74, 6) is -0.0331. The van der Waals surface area contributed by atoms with Gasteiger partial charge >= 0.3 is 0 Å². The molecule has 1 aromatic rings. The lowest BCUT2D eigenvalue weighted by molar-refractivity contribution is -0.114. The van der Waals surface area contributed by atoms with Crippen molar-refractivity contribution in [2.75, 3.05) is 11.9 Å². The predicted molar refractivity (Wildman–Crippen MR) is 67.6 cm³/mol. The Balaban J connectivity index is 2.42. The van der Waals surface area contributed by atoms with Crippen molar-refractivity contribution in [1.29, 1.82) is 0 Å². The van der Waals surface area contributed by atoms with Crippen LogP contribution in [0.2, 0.25) is 0 Å². The van der Waals surface area contributed by atoms with E-state index in [2.05, 4.69) is 24.5 Å². The predicted octanol–water partition coefficient (Wildman–Crippen LogP) is 2.19. The fourth-order valence-corrected chi connectivity index (χ4v) is 1.46. The molecule has 88 valence electrons. The van der Waals surface area contributed by atoms with Crippen molar-refractivity contribution in [3.05, 3.63) is 29.8 Å². The number of carbonyl (C=O) groups excluding carboxylic acids is 1. The average molecular weight is 220 g/mol. The summed E-state index contributed by atoms with van der Waals surface area (Å²) in [5, 5.41) is 6.12. The minimum absolute atomic E-state index is 0.0331. The second-order valence-corrected chi connectivity index (χ2v) is 4.24. The first-order valence-electron chi connectivity index (χ1n) is 5.68. The molecule has 0 spiro atoms. The van der Waals surface area contributed by atoms with Crippen LogP contribution in [-0.4, -0.2) is 18.5 Å². The van der Waals surface area contributed by atoms with E-state index in [1.54, 1.807) is 0 Å². The molecule has 1 aromatic carbocycles. The molecular formula is C13H20N2O. The van der Waals surface area contributed by atoms with Gasteiger partial charge in [0.25, 0.3) is 0 Å². The van der Waals surface area contributed by atoms with E-state index in [0.29, 0.717) is 6.04 Å². The second kappa shape index (κ2) is 6.28. The van der Waals surface area contributed by atoms with Crippen molar-refractivity contribution in [3.63, 3.8) is 0 Å². The van der Waals surface area contributed by atoms with Crippen LogP contribution in [0.3, 0.4) is 0 Å². The molecule has 0 aliphatic carbocycles. The average Bonchev–Trinajstić information content (AvgIpc) is 2.19. The van der Waals surface area contributed by atoms with E-state index in [-0.39, 0.29) is 5.91 Å². The zero-order valence-electron chi connectivity index (χ0n) is 10.2. The molecule has 3 heteroatoms. The van der Waals surface area contributed by atoms with Gasteiger partial charge in [-0.15, -0.1) is 0 Å². The Labute approximate surface area is 97.2 Å². The number of carbonyl (C=O) groups is 1. The van der Waals surface area contributed by atoms with Crippen LogP contribution in [0.1, 0.15) is 26.3 Å². The highest BCUT2D eigenvalue weighted by Crippen LogP contribution is 2.09. The zero-order chi connectivity index (χ0) is 12.0. The quantitative estimate of drug-likeness (QED) is 0.798. The third-order valence-electron chi connectivity index (χ3n) is 2.24. The zero-order valence-corrected chi connectivity index (χ0v) is 10.2. The van der Waals surface area contributed by atoms with Crippen LogP contribution < -0.4 is 10.6 Å². The van der Waals surface area contributed by atoms with Crippen LogP contribution in [0, 0.1) is 0 Å². The smallest absolute Gasteiger partial charge is 0.221 e. The highest BCUT2D eigenvalue weighted by atomic mass is 16.1. The highest BCUT2D eigenvalue weighted by Gasteiger charge is 1.97. The topological polar surface area (TPSA) is 41.1 Å². The maximum Gasteiger partial charge on any atom is 0.221 e. The first-order chi connectivity index (χ1) is 7.58. The van der Waals surface area contributed by atoms with E-state index in [9.17, 15) is 4.79 Å². The van der Waals surface area contributed by atoms with Gasteiger partial charge in [-0.3, -0.25) is 4.79 Å². The van der Waals surface area contributed by atoms with Gasteiger partial charge in [0.2, 0.25) is 5.91 Å². The Kier molecular flexibility index (Phi) is 4.99. The Morgan fingerprint density at radius 2 is 1.88 bits per heavy atom. The molecule has 0 unspecified atom stereocenters. The molecular weight excluding hydrogens is 200 g/mol. The van der Waals surface area contributed by atoms with Crippen molar-refractivity contribution in [2.45, 2.75) is 33.2 Å². The molecule has 0 atom stereocenters. The van der Waals surface area contributed by atoms with Gasteiger partial charge in [0, 0.05) is 18.7 Å². The minimum atomic E-state index is -0.0331. The number of hydrogen-bond acceptors (Lipinski definition) is 2. The second-order valence-electron chi connectivity index (χ2n) is 4.24. The van der Waals surface area contributed by atoms with Crippen molar-refractivity contribution in [2.24, 2.45) is 0 Å². The lowest BCUT2D eigenvalue weighted by Gasteiger charge is -2.08. The van der Waals surface area contributed by atoms with Gasteiger partial charge in [-0.25, -0.2) is 0 Å². The molecule has 0 bridgehead atoms. The van der Waals surface area contributed by atoms with Crippen molar-refractivity contribution in [3.8, 4) is 0 Å². The molecule has 3 nitrogen and oxygen atoms in total. The van der Waals surface area contributed by atoms with E-state index >= 15 is 0 Å². The molecule has 0 fully saturated rings. The van der Waals surface area contributed by atoms with Crippen LogP contribution >= 0.6 is 0 Å². The van der Waals surface area contributed by atoms with Crippen molar-refractivity contribution in [1.82, 2.24) is 5.32 Å². The van der Waals surface area contributed by atoms with E-state index < -0.39 is 0 Å². The molecule has 16 heavy (non-hydrogen) atoms.